The van der Waals surface area contributed by atoms with Crippen LogP contribution in [0.3, 0.4) is 0 Å². The van der Waals surface area contributed by atoms with Crippen molar-refractivity contribution >= 4 is 27.4 Å². The van der Waals surface area contributed by atoms with Gasteiger partial charge in [0.1, 0.15) is 4.60 Å². The Morgan fingerprint density at radius 1 is 1.19 bits per heavy atom. The maximum absolute atomic E-state index is 13.4. The van der Waals surface area contributed by atoms with Crippen LogP contribution in [-0.4, -0.2) is 16.5 Å². The molecule has 0 spiro atoms. The van der Waals surface area contributed by atoms with Crippen molar-refractivity contribution in [2.75, 3.05) is 11.4 Å². The first kappa shape index (κ1) is 14.3. The van der Waals surface area contributed by atoms with E-state index < -0.39 is 17.5 Å². The lowest BCUT2D eigenvalue weighted by Crippen LogP contribution is -2.25. The molecule has 3 nitrogen and oxygen atoms in total. The van der Waals surface area contributed by atoms with Crippen molar-refractivity contribution in [3.63, 3.8) is 0 Å². The molecule has 2 heterocycles. The molecule has 1 aromatic carbocycles. The Hall–Kier alpha value is -1.63. The van der Waals surface area contributed by atoms with E-state index in [1.54, 1.807) is 4.90 Å². The summed E-state index contributed by atoms with van der Waals surface area (Å²) in [6.07, 6.45) is 1.52. The molecule has 0 amide bonds. The molecule has 0 fully saturated rings. The third-order valence-electron chi connectivity index (χ3n) is 3.45. The second-order valence-corrected chi connectivity index (χ2v) is 6.37. The number of nitrogens with zero attached hydrogens (tertiary/aromatic N) is 3. The maximum Gasteiger partial charge on any atom is 0.194 e. The first-order chi connectivity index (χ1) is 9.79. The minimum atomic E-state index is -1.47. The van der Waals surface area contributed by atoms with E-state index >= 15 is 0 Å². The van der Waals surface area contributed by atoms with Crippen molar-refractivity contribution < 1.29 is 13.2 Å². The van der Waals surface area contributed by atoms with Gasteiger partial charge in [-0.15, -0.1) is 0 Å². The zero-order valence-electron chi connectivity index (χ0n) is 11.3. The number of rotatable bonds is 1. The number of aromatic nitrogens is 2. The molecular formula is C14H11BrF3N3. The summed E-state index contributed by atoms with van der Waals surface area (Å²) in [5.74, 6) is -3.39. The van der Waals surface area contributed by atoms with Crippen LogP contribution in [0.2, 0.25) is 0 Å². The molecule has 7 heteroatoms. The monoisotopic (exact) mass is 357 g/mol. The van der Waals surface area contributed by atoms with Gasteiger partial charge < -0.3 is 4.90 Å². The molecule has 1 aliphatic heterocycles. The van der Waals surface area contributed by atoms with E-state index in [-0.39, 0.29) is 11.1 Å². The van der Waals surface area contributed by atoms with Gasteiger partial charge in [0.25, 0.3) is 0 Å². The predicted molar refractivity (Wildman–Crippen MR) is 76.1 cm³/mol. The molecule has 1 aromatic heterocycles. The van der Waals surface area contributed by atoms with Crippen LogP contribution < -0.4 is 4.90 Å². The van der Waals surface area contributed by atoms with Crippen LogP contribution >= 0.6 is 15.9 Å². The quantitative estimate of drug-likeness (QED) is 0.720. The number of halogens is 4. The van der Waals surface area contributed by atoms with Gasteiger partial charge in [-0.3, -0.25) is 0 Å². The summed E-state index contributed by atoms with van der Waals surface area (Å²) in [7, 11) is 0. The van der Waals surface area contributed by atoms with Crippen LogP contribution in [0.1, 0.15) is 19.5 Å². The topological polar surface area (TPSA) is 29.0 Å². The second kappa shape index (κ2) is 4.69. The largest absolute Gasteiger partial charge is 0.324 e. The molecule has 21 heavy (non-hydrogen) atoms. The Morgan fingerprint density at radius 2 is 1.81 bits per heavy atom. The molecule has 3 rings (SSSR count). The van der Waals surface area contributed by atoms with E-state index in [1.165, 1.54) is 6.20 Å². The third kappa shape index (κ3) is 2.29. The smallest absolute Gasteiger partial charge is 0.194 e. The number of benzene rings is 1. The van der Waals surface area contributed by atoms with Gasteiger partial charge in [-0.05, 0) is 15.9 Å². The van der Waals surface area contributed by atoms with Gasteiger partial charge in [-0.25, -0.2) is 23.1 Å². The summed E-state index contributed by atoms with van der Waals surface area (Å²) in [4.78, 5) is 10.3. The predicted octanol–water partition coefficient (Wildman–Crippen LogP) is 4.09. The summed E-state index contributed by atoms with van der Waals surface area (Å²) in [5.41, 5.74) is 0.602. The first-order valence-corrected chi connectivity index (χ1v) is 7.04. The highest BCUT2D eigenvalue weighted by Gasteiger charge is 2.39. The molecule has 1 aliphatic rings. The SMILES string of the molecule is CC1(C)CN(c2cc(F)c(F)c(F)c2)c2ncc(Br)nc21. The average Bonchev–Trinajstić information content (AvgIpc) is 2.67. The summed E-state index contributed by atoms with van der Waals surface area (Å²) >= 11 is 3.26. The number of fused-ring (bicyclic) bond motifs is 1. The maximum atomic E-state index is 13.4. The molecule has 0 unspecified atom stereocenters. The van der Waals surface area contributed by atoms with Crippen molar-refractivity contribution in [1.82, 2.24) is 9.97 Å². The van der Waals surface area contributed by atoms with E-state index in [4.69, 9.17) is 0 Å². The van der Waals surface area contributed by atoms with Gasteiger partial charge in [0.15, 0.2) is 23.3 Å². The highest BCUT2D eigenvalue weighted by Crippen LogP contribution is 2.42. The lowest BCUT2D eigenvalue weighted by atomic mass is 9.92. The van der Waals surface area contributed by atoms with Crippen molar-refractivity contribution in [2.24, 2.45) is 0 Å². The molecule has 0 bridgehead atoms. The Bertz CT molecular complexity index is 710. The van der Waals surface area contributed by atoms with E-state index in [9.17, 15) is 13.2 Å². The Morgan fingerprint density at radius 3 is 2.43 bits per heavy atom. The van der Waals surface area contributed by atoms with Crippen LogP contribution in [-0.2, 0) is 5.41 Å². The minimum absolute atomic E-state index is 0.217. The fourth-order valence-electron chi connectivity index (χ4n) is 2.47. The Kier molecular flexibility index (Phi) is 3.20. The highest BCUT2D eigenvalue weighted by molar-refractivity contribution is 9.10. The number of hydrogen-bond acceptors (Lipinski definition) is 3. The molecule has 0 atom stereocenters. The number of anilines is 2. The molecule has 0 saturated carbocycles. The van der Waals surface area contributed by atoms with Gasteiger partial charge in [-0.1, -0.05) is 13.8 Å². The van der Waals surface area contributed by atoms with E-state index in [2.05, 4.69) is 25.9 Å². The molecule has 2 aromatic rings. The Labute approximate surface area is 128 Å². The van der Waals surface area contributed by atoms with Gasteiger partial charge in [0.05, 0.1) is 11.9 Å². The fraction of sp³-hybridized carbons (Fsp3) is 0.286. The minimum Gasteiger partial charge on any atom is -0.324 e. The Balaban J connectivity index is 2.15. The van der Waals surface area contributed by atoms with Crippen LogP contribution in [0, 0.1) is 17.5 Å². The summed E-state index contributed by atoms with van der Waals surface area (Å²) < 4.78 is 40.6. The van der Waals surface area contributed by atoms with Crippen LogP contribution in [0.5, 0.6) is 0 Å². The van der Waals surface area contributed by atoms with Crippen LogP contribution in [0.15, 0.2) is 22.9 Å². The summed E-state index contributed by atoms with van der Waals surface area (Å²) in [5, 5.41) is 0. The molecule has 0 radical (unpaired) electrons. The van der Waals surface area contributed by atoms with Crippen molar-refractivity contribution in [3.8, 4) is 0 Å². The first-order valence-electron chi connectivity index (χ1n) is 6.25. The van der Waals surface area contributed by atoms with Crippen LogP contribution in [0.4, 0.5) is 24.7 Å². The van der Waals surface area contributed by atoms with Crippen molar-refractivity contribution in [2.45, 2.75) is 19.3 Å². The van der Waals surface area contributed by atoms with Gasteiger partial charge >= 0.3 is 0 Å². The highest BCUT2D eigenvalue weighted by atomic mass is 79.9. The molecule has 0 aliphatic carbocycles. The molecule has 110 valence electrons. The van der Waals surface area contributed by atoms with Crippen LogP contribution in [0.25, 0.3) is 0 Å². The molecule has 0 saturated heterocycles. The number of hydrogen-bond donors (Lipinski definition) is 0. The lowest BCUT2D eigenvalue weighted by molar-refractivity contribution is 0.447. The molecular weight excluding hydrogens is 347 g/mol. The lowest BCUT2D eigenvalue weighted by Gasteiger charge is -2.21. The van der Waals surface area contributed by atoms with Gasteiger partial charge in [-0.2, -0.15) is 0 Å². The fourth-order valence-corrected chi connectivity index (χ4v) is 2.75. The standard InChI is InChI=1S/C14H11BrF3N3/c1-14(2)6-21(13-12(14)20-10(15)5-19-13)7-3-8(16)11(18)9(17)4-7/h3-5H,6H2,1-2H3. The normalized spacial score (nSPS) is 16.2. The summed E-state index contributed by atoms with van der Waals surface area (Å²) in [6, 6.07) is 1.93. The average molecular weight is 358 g/mol. The van der Waals surface area contributed by atoms with Crippen molar-refractivity contribution in [1.29, 1.82) is 0 Å². The van der Waals surface area contributed by atoms with E-state index in [1.807, 2.05) is 13.8 Å². The van der Waals surface area contributed by atoms with Gasteiger partial charge in [0, 0.05) is 29.8 Å². The van der Waals surface area contributed by atoms with E-state index in [0.717, 1.165) is 17.8 Å². The summed E-state index contributed by atoms with van der Waals surface area (Å²) in [6.45, 7) is 4.37. The zero-order chi connectivity index (χ0) is 15.4. The molecule has 0 N–H and O–H groups in total. The van der Waals surface area contributed by atoms with Crippen molar-refractivity contribution in [3.05, 3.63) is 46.1 Å². The third-order valence-corrected chi connectivity index (χ3v) is 3.84. The second-order valence-electron chi connectivity index (χ2n) is 5.56. The van der Waals surface area contributed by atoms with E-state index in [0.29, 0.717) is 17.0 Å². The zero-order valence-corrected chi connectivity index (χ0v) is 12.9. The van der Waals surface area contributed by atoms with Gasteiger partial charge in [0.2, 0.25) is 0 Å².